The average molecular weight is 515 g/mol. The fourth-order valence-electron chi connectivity index (χ4n) is 5.50. The van der Waals surface area contributed by atoms with Crippen LogP contribution in [0.5, 0.6) is 0 Å². The van der Waals surface area contributed by atoms with Gasteiger partial charge in [-0.15, -0.1) is 5.10 Å². The van der Waals surface area contributed by atoms with Crippen molar-refractivity contribution in [3.05, 3.63) is 60.0 Å². The molecule has 0 aliphatic heterocycles. The third-order valence-corrected chi connectivity index (χ3v) is 7.36. The van der Waals surface area contributed by atoms with Crippen molar-refractivity contribution in [3.8, 4) is 16.9 Å². The van der Waals surface area contributed by atoms with Crippen molar-refractivity contribution in [1.29, 1.82) is 0 Å². The standard InChI is InChI=1S/C29H34N6O3/c1-4-24-27(29(37)38)28(34(19(2)3)26(36)17-20-9-6-5-7-10-20)32-35(24)22-13-11-21(12-14-22)23-18-25-30-15-8-16-33(25)31-23/h8,11-16,18-20H,4-7,9-10,17H2,1-3H3,(H,37,38). The SMILES string of the molecule is CCc1c(C(=O)O)c(N(C(=O)CC2CCCCC2)C(C)C)nn1-c1ccc(-c2cc3ncccn3n2)cc1. The topological polar surface area (TPSA) is 106 Å². The Kier molecular flexibility index (Phi) is 7.26. The number of carbonyl (C=O) groups is 2. The van der Waals surface area contributed by atoms with Crippen LogP contribution >= 0.6 is 0 Å². The number of amides is 1. The number of carboxylic acids is 1. The van der Waals surface area contributed by atoms with E-state index < -0.39 is 5.97 Å². The molecule has 0 radical (unpaired) electrons. The number of hydrogen-bond acceptors (Lipinski definition) is 5. The van der Waals surface area contributed by atoms with Crippen LogP contribution in [0, 0.1) is 5.92 Å². The van der Waals surface area contributed by atoms with Crippen LogP contribution in [0.2, 0.25) is 0 Å². The number of hydrogen-bond donors (Lipinski definition) is 1. The Morgan fingerprint density at radius 1 is 1.11 bits per heavy atom. The van der Waals surface area contributed by atoms with Gasteiger partial charge in [0.1, 0.15) is 5.56 Å². The lowest BCUT2D eigenvalue weighted by atomic mass is 9.86. The van der Waals surface area contributed by atoms with Gasteiger partial charge in [0.15, 0.2) is 11.5 Å². The first-order valence-electron chi connectivity index (χ1n) is 13.5. The van der Waals surface area contributed by atoms with E-state index in [1.54, 1.807) is 20.3 Å². The molecule has 0 atom stereocenters. The summed E-state index contributed by atoms with van der Waals surface area (Å²) in [4.78, 5) is 31.9. The van der Waals surface area contributed by atoms with Gasteiger partial charge in [-0.2, -0.15) is 5.10 Å². The van der Waals surface area contributed by atoms with E-state index in [1.165, 1.54) is 6.42 Å². The van der Waals surface area contributed by atoms with Crippen LogP contribution in [-0.4, -0.2) is 47.4 Å². The van der Waals surface area contributed by atoms with Crippen LogP contribution in [0.4, 0.5) is 5.82 Å². The highest BCUT2D eigenvalue weighted by Gasteiger charge is 2.32. The average Bonchev–Trinajstić information content (AvgIpc) is 3.51. The zero-order valence-corrected chi connectivity index (χ0v) is 22.2. The Morgan fingerprint density at radius 2 is 1.84 bits per heavy atom. The Morgan fingerprint density at radius 3 is 2.47 bits per heavy atom. The molecule has 1 aromatic carbocycles. The van der Waals surface area contributed by atoms with Gasteiger partial charge in [0.25, 0.3) is 0 Å². The van der Waals surface area contributed by atoms with E-state index in [0.29, 0.717) is 24.5 Å². The maximum Gasteiger partial charge on any atom is 0.341 e. The number of anilines is 1. The third kappa shape index (κ3) is 4.92. The number of carbonyl (C=O) groups excluding carboxylic acids is 1. The molecule has 9 nitrogen and oxygen atoms in total. The second-order valence-corrected chi connectivity index (χ2v) is 10.3. The second kappa shape index (κ2) is 10.8. The zero-order chi connectivity index (χ0) is 26.8. The van der Waals surface area contributed by atoms with Crippen molar-refractivity contribution in [2.75, 3.05) is 4.90 Å². The minimum Gasteiger partial charge on any atom is -0.477 e. The molecule has 1 aliphatic rings. The van der Waals surface area contributed by atoms with Gasteiger partial charge in [0.05, 0.1) is 17.1 Å². The Hall–Kier alpha value is -4.01. The summed E-state index contributed by atoms with van der Waals surface area (Å²) >= 11 is 0. The van der Waals surface area contributed by atoms with Crippen molar-refractivity contribution in [1.82, 2.24) is 24.4 Å². The quantitative estimate of drug-likeness (QED) is 0.330. The summed E-state index contributed by atoms with van der Waals surface area (Å²) in [5.41, 5.74) is 3.84. The first kappa shape index (κ1) is 25.6. The van der Waals surface area contributed by atoms with E-state index in [4.69, 9.17) is 5.10 Å². The van der Waals surface area contributed by atoms with Crippen LogP contribution in [-0.2, 0) is 11.2 Å². The number of aromatic nitrogens is 5. The summed E-state index contributed by atoms with van der Waals surface area (Å²) in [6.07, 6.45) is 10.1. The van der Waals surface area contributed by atoms with Crippen molar-refractivity contribution in [2.24, 2.45) is 5.92 Å². The van der Waals surface area contributed by atoms with E-state index >= 15 is 0 Å². The van der Waals surface area contributed by atoms with E-state index in [9.17, 15) is 14.7 Å². The second-order valence-electron chi connectivity index (χ2n) is 10.3. The van der Waals surface area contributed by atoms with Crippen LogP contribution in [0.1, 0.15) is 75.3 Å². The summed E-state index contributed by atoms with van der Waals surface area (Å²) in [6, 6.07) is 11.2. The smallest absolute Gasteiger partial charge is 0.341 e. The van der Waals surface area contributed by atoms with Gasteiger partial charge < -0.3 is 5.11 Å². The van der Waals surface area contributed by atoms with Crippen LogP contribution < -0.4 is 4.90 Å². The van der Waals surface area contributed by atoms with Gasteiger partial charge >= 0.3 is 5.97 Å². The number of carboxylic acid groups (broad SMARTS) is 1. The van der Waals surface area contributed by atoms with E-state index in [1.807, 2.05) is 63.4 Å². The van der Waals surface area contributed by atoms with E-state index in [0.717, 1.165) is 48.3 Å². The monoisotopic (exact) mass is 514 g/mol. The highest BCUT2D eigenvalue weighted by atomic mass is 16.4. The zero-order valence-electron chi connectivity index (χ0n) is 22.2. The predicted octanol–water partition coefficient (Wildman–Crippen LogP) is 5.55. The molecule has 1 aliphatic carbocycles. The maximum absolute atomic E-state index is 13.5. The fraction of sp³-hybridized carbons (Fsp3) is 0.414. The molecule has 0 unspecified atom stereocenters. The number of rotatable bonds is 8. The fourth-order valence-corrected chi connectivity index (χ4v) is 5.50. The van der Waals surface area contributed by atoms with Gasteiger partial charge in [0.2, 0.25) is 5.91 Å². The molecule has 198 valence electrons. The Labute approximate surface area is 222 Å². The molecule has 1 fully saturated rings. The molecule has 3 heterocycles. The van der Waals surface area contributed by atoms with Gasteiger partial charge in [-0.3, -0.25) is 9.69 Å². The van der Waals surface area contributed by atoms with Crippen LogP contribution in [0.25, 0.3) is 22.6 Å². The summed E-state index contributed by atoms with van der Waals surface area (Å²) in [5.74, 6) is -0.563. The van der Waals surface area contributed by atoms with Gasteiger partial charge in [-0.05, 0) is 57.2 Å². The molecular formula is C29H34N6O3. The maximum atomic E-state index is 13.5. The van der Waals surface area contributed by atoms with Gasteiger partial charge in [-0.25, -0.2) is 19.0 Å². The molecule has 4 aromatic rings. The lowest BCUT2D eigenvalue weighted by molar-refractivity contribution is -0.120. The molecule has 38 heavy (non-hydrogen) atoms. The number of benzene rings is 1. The molecule has 5 rings (SSSR count). The van der Waals surface area contributed by atoms with Crippen LogP contribution in [0.15, 0.2) is 48.8 Å². The molecule has 1 N–H and O–H groups in total. The summed E-state index contributed by atoms with van der Waals surface area (Å²) < 4.78 is 3.39. The number of fused-ring (bicyclic) bond motifs is 1. The highest BCUT2D eigenvalue weighted by Crippen LogP contribution is 2.32. The Bertz CT molecular complexity index is 1410. The van der Waals surface area contributed by atoms with E-state index in [2.05, 4.69) is 10.1 Å². The first-order chi connectivity index (χ1) is 18.4. The van der Waals surface area contributed by atoms with Gasteiger partial charge in [-0.1, -0.05) is 38.3 Å². The molecule has 1 amide bonds. The summed E-state index contributed by atoms with van der Waals surface area (Å²) in [5, 5.41) is 19.6. The highest BCUT2D eigenvalue weighted by molar-refractivity contribution is 6.02. The van der Waals surface area contributed by atoms with Crippen molar-refractivity contribution in [3.63, 3.8) is 0 Å². The normalized spacial score (nSPS) is 14.3. The van der Waals surface area contributed by atoms with Gasteiger partial charge in [0, 0.05) is 36.5 Å². The molecule has 0 spiro atoms. The molecule has 0 saturated heterocycles. The molecule has 3 aromatic heterocycles. The number of aromatic carboxylic acids is 1. The largest absolute Gasteiger partial charge is 0.477 e. The van der Waals surface area contributed by atoms with Crippen molar-refractivity contribution >= 4 is 23.3 Å². The Balaban J connectivity index is 1.51. The van der Waals surface area contributed by atoms with E-state index in [-0.39, 0.29) is 23.3 Å². The molecule has 0 bridgehead atoms. The van der Waals surface area contributed by atoms with Crippen LogP contribution in [0.3, 0.4) is 0 Å². The predicted molar refractivity (Wildman–Crippen MR) is 146 cm³/mol. The summed E-state index contributed by atoms with van der Waals surface area (Å²) in [6.45, 7) is 5.73. The molecule has 9 heteroatoms. The molecule has 1 saturated carbocycles. The lowest BCUT2D eigenvalue weighted by Gasteiger charge is -2.28. The van der Waals surface area contributed by atoms with Crippen molar-refractivity contribution in [2.45, 2.75) is 71.8 Å². The minimum atomic E-state index is -1.08. The minimum absolute atomic E-state index is 0.0579. The number of nitrogens with zero attached hydrogens (tertiary/aromatic N) is 6. The lowest BCUT2D eigenvalue weighted by Crippen LogP contribution is -2.39. The third-order valence-electron chi connectivity index (χ3n) is 7.36. The van der Waals surface area contributed by atoms with Crippen molar-refractivity contribution < 1.29 is 14.7 Å². The summed E-state index contributed by atoms with van der Waals surface area (Å²) in [7, 11) is 0. The first-order valence-corrected chi connectivity index (χ1v) is 13.5. The molecular weight excluding hydrogens is 480 g/mol.